The van der Waals surface area contributed by atoms with E-state index in [2.05, 4.69) is 48.2 Å². The normalized spacial score (nSPS) is 15.8. The molecule has 0 bridgehead atoms. The van der Waals surface area contributed by atoms with Crippen LogP contribution in [0.25, 0.3) is 0 Å². The summed E-state index contributed by atoms with van der Waals surface area (Å²) in [5.41, 5.74) is 4.63. The van der Waals surface area contributed by atoms with Gasteiger partial charge in [0, 0.05) is 16.8 Å². The van der Waals surface area contributed by atoms with Crippen molar-refractivity contribution in [3.63, 3.8) is 0 Å². The number of quaternary nitrogens is 1. The average Bonchev–Trinajstić information content (AvgIpc) is 2.56. The van der Waals surface area contributed by atoms with Crippen LogP contribution in [0.3, 0.4) is 0 Å². The number of nitrogens with zero attached hydrogens (tertiary/aromatic N) is 1. The number of rotatable bonds is 4. The summed E-state index contributed by atoms with van der Waals surface area (Å²) in [5.74, 6) is 0. The molecular formula is C19H23N2O+. The Balaban J connectivity index is 1.61. The molecule has 3 nitrogen and oxygen atoms in total. The van der Waals surface area contributed by atoms with Crippen molar-refractivity contribution >= 4 is 12.0 Å². The topological polar surface area (TPSA) is 24.8 Å². The minimum absolute atomic E-state index is 0.759. The van der Waals surface area contributed by atoms with Gasteiger partial charge < -0.3 is 9.80 Å². The number of benzene rings is 2. The molecule has 0 saturated carbocycles. The first-order valence-corrected chi connectivity index (χ1v) is 7.94. The van der Waals surface area contributed by atoms with Crippen LogP contribution in [0.2, 0.25) is 0 Å². The number of carbonyl (C=O) groups is 1. The van der Waals surface area contributed by atoms with Crippen molar-refractivity contribution in [1.29, 1.82) is 0 Å². The average molecular weight is 295 g/mol. The molecule has 3 rings (SSSR count). The van der Waals surface area contributed by atoms with Crippen LogP contribution in [0.5, 0.6) is 0 Å². The Morgan fingerprint density at radius 3 is 2.45 bits per heavy atom. The maximum Gasteiger partial charge on any atom is 0.150 e. The Morgan fingerprint density at radius 1 is 1.09 bits per heavy atom. The first kappa shape index (κ1) is 14.8. The quantitative estimate of drug-likeness (QED) is 0.869. The van der Waals surface area contributed by atoms with Gasteiger partial charge >= 0.3 is 0 Å². The van der Waals surface area contributed by atoms with E-state index in [1.165, 1.54) is 16.8 Å². The number of carbonyl (C=O) groups excluding carboxylic acids is 1. The molecule has 0 atom stereocenters. The van der Waals surface area contributed by atoms with E-state index >= 15 is 0 Å². The molecule has 1 aliphatic heterocycles. The molecule has 1 fully saturated rings. The number of piperazine rings is 1. The molecule has 0 spiro atoms. The lowest BCUT2D eigenvalue weighted by Gasteiger charge is -2.34. The first-order valence-electron chi connectivity index (χ1n) is 7.94. The van der Waals surface area contributed by atoms with Crippen molar-refractivity contribution in [3.05, 3.63) is 65.2 Å². The van der Waals surface area contributed by atoms with Crippen molar-refractivity contribution in [3.8, 4) is 0 Å². The lowest BCUT2D eigenvalue weighted by molar-refractivity contribution is -0.914. The van der Waals surface area contributed by atoms with E-state index < -0.39 is 0 Å². The van der Waals surface area contributed by atoms with E-state index in [-0.39, 0.29) is 0 Å². The Kier molecular flexibility index (Phi) is 4.54. The van der Waals surface area contributed by atoms with Gasteiger partial charge in [-0.25, -0.2) is 0 Å². The van der Waals surface area contributed by atoms with Crippen molar-refractivity contribution in [2.45, 2.75) is 13.5 Å². The third kappa shape index (κ3) is 3.37. The van der Waals surface area contributed by atoms with Crippen LogP contribution in [0.4, 0.5) is 5.69 Å². The molecule has 3 heteroatoms. The van der Waals surface area contributed by atoms with Gasteiger partial charge in [-0.1, -0.05) is 30.3 Å². The van der Waals surface area contributed by atoms with Gasteiger partial charge in [-0.05, 0) is 30.7 Å². The summed E-state index contributed by atoms with van der Waals surface area (Å²) in [5, 5.41) is 0. The zero-order valence-electron chi connectivity index (χ0n) is 13.1. The molecule has 1 N–H and O–H groups in total. The molecule has 1 heterocycles. The van der Waals surface area contributed by atoms with Crippen molar-refractivity contribution < 1.29 is 9.69 Å². The zero-order valence-corrected chi connectivity index (χ0v) is 13.1. The van der Waals surface area contributed by atoms with Crippen LogP contribution in [-0.2, 0) is 6.54 Å². The van der Waals surface area contributed by atoms with Gasteiger partial charge in [-0.2, -0.15) is 0 Å². The predicted octanol–water partition coefficient (Wildman–Crippen LogP) is 1.71. The highest BCUT2D eigenvalue weighted by molar-refractivity contribution is 5.77. The highest BCUT2D eigenvalue weighted by Crippen LogP contribution is 2.20. The molecular weight excluding hydrogens is 272 g/mol. The maximum absolute atomic E-state index is 10.8. The summed E-state index contributed by atoms with van der Waals surface area (Å²) in [6.07, 6.45) is 0.915. The van der Waals surface area contributed by atoms with Crippen LogP contribution in [-0.4, -0.2) is 32.5 Å². The third-order valence-electron chi connectivity index (χ3n) is 4.47. The van der Waals surface area contributed by atoms with Gasteiger partial charge in [0.1, 0.15) is 12.8 Å². The molecule has 114 valence electrons. The zero-order chi connectivity index (χ0) is 15.4. The lowest BCUT2D eigenvalue weighted by atomic mass is 10.1. The summed E-state index contributed by atoms with van der Waals surface area (Å²) >= 11 is 0. The van der Waals surface area contributed by atoms with Crippen LogP contribution in [0.15, 0.2) is 48.5 Å². The lowest BCUT2D eigenvalue weighted by Crippen LogP contribution is -3.13. The van der Waals surface area contributed by atoms with E-state index in [0.29, 0.717) is 0 Å². The standard InChI is InChI=1S/C19H22N2O/c1-16-13-18(15-22)7-8-19(16)21-11-9-20(10-12-21)14-17-5-3-2-4-6-17/h2-8,13,15H,9-12,14H2,1H3/p+1. The maximum atomic E-state index is 10.8. The summed E-state index contributed by atoms with van der Waals surface area (Å²) in [4.78, 5) is 14.9. The van der Waals surface area contributed by atoms with Gasteiger partial charge in [0.05, 0.1) is 26.2 Å². The highest BCUT2D eigenvalue weighted by atomic mass is 16.1. The summed E-state index contributed by atoms with van der Waals surface area (Å²) in [7, 11) is 0. The van der Waals surface area contributed by atoms with Crippen molar-refractivity contribution in [2.24, 2.45) is 0 Å². The SMILES string of the molecule is Cc1cc(C=O)ccc1N1CC[NH+](Cc2ccccc2)CC1. The van der Waals surface area contributed by atoms with E-state index in [1.54, 1.807) is 4.90 Å². The number of aldehydes is 1. The van der Waals surface area contributed by atoms with E-state index in [4.69, 9.17) is 0 Å². The van der Waals surface area contributed by atoms with E-state index in [9.17, 15) is 4.79 Å². The van der Waals surface area contributed by atoms with E-state index in [0.717, 1.165) is 44.6 Å². The van der Waals surface area contributed by atoms with Crippen LogP contribution >= 0.6 is 0 Å². The van der Waals surface area contributed by atoms with Gasteiger partial charge in [0.25, 0.3) is 0 Å². The number of aryl methyl sites for hydroxylation is 1. The molecule has 2 aromatic rings. The third-order valence-corrected chi connectivity index (χ3v) is 4.47. The first-order chi connectivity index (χ1) is 10.8. The number of hydrogen-bond acceptors (Lipinski definition) is 2. The van der Waals surface area contributed by atoms with E-state index in [1.807, 2.05) is 12.1 Å². The highest BCUT2D eigenvalue weighted by Gasteiger charge is 2.21. The molecule has 2 aromatic carbocycles. The summed E-state index contributed by atoms with van der Waals surface area (Å²) in [6, 6.07) is 16.7. The minimum atomic E-state index is 0.759. The number of anilines is 1. The molecule has 0 aliphatic carbocycles. The number of hydrogen-bond donors (Lipinski definition) is 1. The second-order valence-electron chi connectivity index (χ2n) is 6.06. The monoisotopic (exact) mass is 295 g/mol. The summed E-state index contributed by atoms with van der Waals surface area (Å²) in [6.45, 7) is 7.66. The Bertz CT molecular complexity index is 631. The van der Waals surface area contributed by atoms with Gasteiger partial charge in [-0.15, -0.1) is 0 Å². The van der Waals surface area contributed by atoms with Gasteiger partial charge in [0.15, 0.2) is 0 Å². The molecule has 0 amide bonds. The molecule has 22 heavy (non-hydrogen) atoms. The fourth-order valence-electron chi connectivity index (χ4n) is 3.23. The fraction of sp³-hybridized carbons (Fsp3) is 0.316. The van der Waals surface area contributed by atoms with Crippen LogP contribution in [0.1, 0.15) is 21.5 Å². The van der Waals surface area contributed by atoms with Crippen molar-refractivity contribution in [2.75, 3.05) is 31.1 Å². The molecule has 0 radical (unpaired) electrons. The minimum Gasteiger partial charge on any atom is -0.360 e. The second kappa shape index (κ2) is 6.75. The van der Waals surface area contributed by atoms with Crippen LogP contribution < -0.4 is 9.80 Å². The number of nitrogens with one attached hydrogen (secondary N) is 1. The van der Waals surface area contributed by atoms with Crippen molar-refractivity contribution in [1.82, 2.24) is 0 Å². The largest absolute Gasteiger partial charge is 0.360 e. The molecule has 1 aliphatic rings. The Morgan fingerprint density at radius 2 is 1.82 bits per heavy atom. The molecule has 0 aromatic heterocycles. The van der Waals surface area contributed by atoms with Gasteiger partial charge in [0.2, 0.25) is 0 Å². The Hall–Kier alpha value is -2.13. The van der Waals surface area contributed by atoms with Crippen LogP contribution in [0, 0.1) is 6.92 Å². The van der Waals surface area contributed by atoms with Gasteiger partial charge in [-0.3, -0.25) is 4.79 Å². The smallest absolute Gasteiger partial charge is 0.150 e. The Labute approximate surface area is 132 Å². The molecule has 1 saturated heterocycles. The second-order valence-corrected chi connectivity index (χ2v) is 6.06. The molecule has 0 unspecified atom stereocenters. The predicted molar refractivity (Wildman–Crippen MR) is 89.6 cm³/mol. The summed E-state index contributed by atoms with van der Waals surface area (Å²) < 4.78 is 0. The fourth-order valence-corrected chi connectivity index (χ4v) is 3.23.